The normalized spacial score (nSPS) is 12.2. The molecule has 0 aliphatic carbocycles. The van der Waals surface area contributed by atoms with Crippen molar-refractivity contribution in [1.82, 2.24) is 9.88 Å². The average Bonchev–Trinajstić information content (AvgIpc) is 2.26. The molecule has 86 valence electrons. The molecule has 0 N–H and O–H groups in total. The Labute approximate surface area is 96.5 Å². The molecule has 4 heteroatoms. The van der Waals surface area contributed by atoms with Crippen LogP contribution in [0.1, 0.15) is 18.3 Å². The molecule has 0 bridgehead atoms. The van der Waals surface area contributed by atoms with Gasteiger partial charge in [-0.2, -0.15) is 5.26 Å². The third-order valence-corrected chi connectivity index (χ3v) is 2.48. The lowest BCUT2D eigenvalue weighted by Gasteiger charge is -2.18. The molecule has 0 aromatic carbocycles. The maximum Gasteiger partial charge on any atom is 0.122 e. The summed E-state index contributed by atoms with van der Waals surface area (Å²) in [6, 6.07) is 5.86. The lowest BCUT2D eigenvalue weighted by Crippen LogP contribution is -2.27. The monoisotopic (exact) mass is 219 g/mol. The van der Waals surface area contributed by atoms with E-state index in [0.717, 1.165) is 17.1 Å². The second-order valence-corrected chi connectivity index (χ2v) is 3.86. The zero-order valence-electron chi connectivity index (χ0n) is 10.2. The largest absolute Gasteiger partial charge is 0.497 e. The summed E-state index contributed by atoms with van der Waals surface area (Å²) >= 11 is 0. The van der Waals surface area contributed by atoms with Crippen molar-refractivity contribution in [2.45, 2.75) is 26.4 Å². The van der Waals surface area contributed by atoms with Gasteiger partial charge >= 0.3 is 0 Å². The fourth-order valence-corrected chi connectivity index (χ4v) is 1.39. The zero-order chi connectivity index (χ0) is 12.1. The van der Waals surface area contributed by atoms with Gasteiger partial charge in [0.05, 0.1) is 24.9 Å². The number of hydrogen-bond donors (Lipinski definition) is 0. The van der Waals surface area contributed by atoms with Crippen LogP contribution in [0.25, 0.3) is 0 Å². The Morgan fingerprint density at radius 1 is 1.56 bits per heavy atom. The van der Waals surface area contributed by atoms with Crippen molar-refractivity contribution in [3.63, 3.8) is 0 Å². The first kappa shape index (κ1) is 12.5. The maximum absolute atomic E-state index is 8.80. The van der Waals surface area contributed by atoms with Crippen molar-refractivity contribution in [3.8, 4) is 11.8 Å². The van der Waals surface area contributed by atoms with Gasteiger partial charge in [0.1, 0.15) is 5.75 Å². The minimum Gasteiger partial charge on any atom is -0.497 e. The van der Waals surface area contributed by atoms with Crippen molar-refractivity contribution in [3.05, 3.63) is 23.5 Å². The van der Waals surface area contributed by atoms with E-state index in [1.165, 1.54) is 0 Å². The predicted molar refractivity (Wildman–Crippen MR) is 62.1 cm³/mol. The minimum atomic E-state index is -0.117. The first-order chi connectivity index (χ1) is 7.56. The smallest absolute Gasteiger partial charge is 0.122 e. The molecule has 0 radical (unpaired) electrons. The quantitative estimate of drug-likeness (QED) is 0.774. The summed E-state index contributed by atoms with van der Waals surface area (Å²) in [5, 5.41) is 8.80. The molecule has 1 unspecified atom stereocenters. The van der Waals surface area contributed by atoms with Crippen LogP contribution in [0.4, 0.5) is 0 Å². The standard InChI is InChI=1S/C12H17N3O/c1-9-5-12(16-4)6-11(14-9)8-15(3)10(2)7-13/h5-6,10H,8H2,1-4H3. The Balaban J connectivity index is 2.81. The van der Waals surface area contributed by atoms with Crippen LogP contribution in [0.2, 0.25) is 0 Å². The highest BCUT2D eigenvalue weighted by atomic mass is 16.5. The van der Waals surface area contributed by atoms with E-state index in [1.54, 1.807) is 7.11 Å². The molecule has 1 aromatic rings. The average molecular weight is 219 g/mol. The van der Waals surface area contributed by atoms with E-state index >= 15 is 0 Å². The first-order valence-corrected chi connectivity index (χ1v) is 5.18. The summed E-state index contributed by atoms with van der Waals surface area (Å²) in [6.45, 7) is 4.44. The lowest BCUT2D eigenvalue weighted by atomic mass is 10.2. The number of aryl methyl sites for hydroxylation is 1. The molecule has 0 saturated carbocycles. The highest BCUT2D eigenvalue weighted by Crippen LogP contribution is 2.14. The summed E-state index contributed by atoms with van der Waals surface area (Å²) in [5.74, 6) is 0.806. The van der Waals surface area contributed by atoms with Crippen molar-refractivity contribution in [2.24, 2.45) is 0 Å². The molecule has 1 heterocycles. The number of nitriles is 1. The van der Waals surface area contributed by atoms with E-state index in [-0.39, 0.29) is 6.04 Å². The van der Waals surface area contributed by atoms with Crippen LogP contribution in [-0.2, 0) is 6.54 Å². The highest BCUT2D eigenvalue weighted by Gasteiger charge is 2.09. The number of nitrogens with zero attached hydrogens (tertiary/aromatic N) is 3. The Morgan fingerprint density at radius 2 is 2.25 bits per heavy atom. The first-order valence-electron chi connectivity index (χ1n) is 5.18. The lowest BCUT2D eigenvalue weighted by molar-refractivity contribution is 0.290. The van der Waals surface area contributed by atoms with Gasteiger partial charge in [0.2, 0.25) is 0 Å². The molecule has 0 aliphatic rings. The van der Waals surface area contributed by atoms with Gasteiger partial charge < -0.3 is 4.74 Å². The third kappa shape index (κ3) is 3.21. The molecule has 0 amide bonds. The molecule has 4 nitrogen and oxygen atoms in total. The summed E-state index contributed by atoms with van der Waals surface area (Å²) in [5.41, 5.74) is 1.84. The second kappa shape index (κ2) is 5.47. The molecule has 1 rings (SSSR count). The molecule has 0 aliphatic heterocycles. The van der Waals surface area contributed by atoms with E-state index in [4.69, 9.17) is 10.00 Å². The van der Waals surface area contributed by atoms with Crippen LogP contribution >= 0.6 is 0 Å². The summed E-state index contributed by atoms with van der Waals surface area (Å²) in [4.78, 5) is 6.35. The molecular formula is C12H17N3O. The van der Waals surface area contributed by atoms with Crippen LogP contribution in [-0.4, -0.2) is 30.1 Å². The van der Waals surface area contributed by atoms with E-state index in [0.29, 0.717) is 6.54 Å². The molecule has 1 aromatic heterocycles. The van der Waals surface area contributed by atoms with Gasteiger partial charge in [0.25, 0.3) is 0 Å². The van der Waals surface area contributed by atoms with Gasteiger partial charge in [-0.05, 0) is 20.9 Å². The zero-order valence-corrected chi connectivity index (χ0v) is 10.2. The molecule has 1 atom stereocenters. The van der Waals surface area contributed by atoms with E-state index in [2.05, 4.69) is 11.1 Å². The summed E-state index contributed by atoms with van der Waals surface area (Å²) in [6.07, 6.45) is 0. The topological polar surface area (TPSA) is 49.1 Å². The van der Waals surface area contributed by atoms with Gasteiger partial charge in [-0.25, -0.2) is 0 Å². The minimum absolute atomic E-state index is 0.117. The van der Waals surface area contributed by atoms with Crippen LogP contribution in [0.3, 0.4) is 0 Å². The molecule has 16 heavy (non-hydrogen) atoms. The summed E-state index contributed by atoms with van der Waals surface area (Å²) < 4.78 is 5.18. The molecule has 0 saturated heterocycles. The van der Waals surface area contributed by atoms with Crippen LogP contribution in [0.5, 0.6) is 5.75 Å². The van der Waals surface area contributed by atoms with Gasteiger partial charge in [0, 0.05) is 24.4 Å². The summed E-state index contributed by atoms with van der Waals surface area (Å²) in [7, 11) is 3.55. The number of pyridine rings is 1. The number of hydrogen-bond acceptors (Lipinski definition) is 4. The third-order valence-electron chi connectivity index (χ3n) is 2.48. The van der Waals surface area contributed by atoms with E-state index in [9.17, 15) is 0 Å². The number of methoxy groups -OCH3 is 1. The SMILES string of the molecule is COc1cc(C)nc(CN(C)C(C)C#N)c1. The van der Waals surface area contributed by atoms with Crippen LogP contribution < -0.4 is 4.74 Å². The van der Waals surface area contributed by atoms with Crippen molar-refractivity contribution in [1.29, 1.82) is 5.26 Å². The second-order valence-electron chi connectivity index (χ2n) is 3.86. The number of ether oxygens (including phenoxy) is 1. The van der Waals surface area contributed by atoms with Gasteiger partial charge in [0.15, 0.2) is 0 Å². The van der Waals surface area contributed by atoms with E-state index in [1.807, 2.05) is 37.9 Å². The van der Waals surface area contributed by atoms with Crippen LogP contribution in [0, 0.1) is 18.3 Å². The predicted octanol–water partition coefficient (Wildman–Crippen LogP) is 1.74. The van der Waals surface area contributed by atoms with Crippen molar-refractivity contribution in [2.75, 3.05) is 14.2 Å². The van der Waals surface area contributed by atoms with Crippen molar-refractivity contribution < 1.29 is 4.74 Å². The maximum atomic E-state index is 8.80. The fraction of sp³-hybridized carbons (Fsp3) is 0.500. The van der Waals surface area contributed by atoms with Crippen molar-refractivity contribution >= 4 is 0 Å². The van der Waals surface area contributed by atoms with Gasteiger partial charge in [-0.3, -0.25) is 9.88 Å². The highest BCUT2D eigenvalue weighted by molar-refractivity contribution is 5.26. The Hall–Kier alpha value is -1.60. The molecular weight excluding hydrogens is 202 g/mol. The van der Waals surface area contributed by atoms with Gasteiger partial charge in [-0.15, -0.1) is 0 Å². The fourth-order valence-electron chi connectivity index (χ4n) is 1.39. The van der Waals surface area contributed by atoms with E-state index < -0.39 is 0 Å². The molecule has 0 fully saturated rings. The number of aromatic nitrogens is 1. The Morgan fingerprint density at radius 3 is 2.81 bits per heavy atom. The molecule has 0 spiro atoms. The van der Waals surface area contributed by atoms with Crippen LogP contribution in [0.15, 0.2) is 12.1 Å². The van der Waals surface area contributed by atoms with Gasteiger partial charge in [-0.1, -0.05) is 0 Å². The Bertz CT molecular complexity index is 398. The number of rotatable bonds is 4. The Kier molecular flexibility index (Phi) is 4.27.